The Morgan fingerprint density at radius 1 is 0.850 bits per heavy atom. The van der Waals surface area contributed by atoms with Crippen molar-refractivity contribution in [3.05, 3.63) is 0 Å². The summed E-state index contributed by atoms with van der Waals surface area (Å²) in [5, 5.41) is -0.0827. The van der Waals surface area contributed by atoms with Gasteiger partial charge in [-0.15, -0.1) is 0 Å². The molecular weight excluding hydrogens is 268 g/mol. The summed E-state index contributed by atoms with van der Waals surface area (Å²) >= 11 is 0. The van der Waals surface area contributed by atoms with E-state index < -0.39 is 9.84 Å². The molecule has 3 heteroatoms. The van der Waals surface area contributed by atoms with Crippen molar-refractivity contribution in [2.24, 2.45) is 0 Å². The van der Waals surface area contributed by atoms with Crippen molar-refractivity contribution in [1.29, 1.82) is 0 Å². The van der Waals surface area contributed by atoms with Crippen LogP contribution >= 0.6 is 0 Å². The fourth-order valence-electron chi connectivity index (χ4n) is 3.44. The van der Waals surface area contributed by atoms with Gasteiger partial charge >= 0.3 is 0 Å². The Morgan fingerprint density at radius 3 is 2.10 bits per heavy atom. The van der Waals surface area contributed by atoms with Crippen molar-refractivity contribution < 1.29 is 8.42 Å². The minimum atomic E-state index is -2.88. The van der Waals surface area contributed by atoms with Crippen molar-refractivity contribution in [1.82, 2.24) is 0 Å². The molecule has 1 fully saturated rings. The van der Waals surface area contributed by atoms with E-state index in [1.807, 2.05) is 0 Å². The van der Waals surface area contributed by atoms with Crippen LogP contribution in [-0.4, -0.2) is 18.9 Å². The van der Waals surface area contributed by atoms with Gasteiger partial charge in [0.15, 0.2) is 9.84 Å². The zero-order valence-corrected chi connectivity index (χ0v) is 14.4. The largest absolute Gasteiger partial charge is 0.228 e. The molecule has 0 amide bonds. The highest BCUT2D eigenvalue weighted by molar-refractivity contribution is 7.92. The summed E-state index contributed by atoms with van der Waals surface area (Å²) in [6, 6.07) is 0. The fourth-order valence-corrected chi connectivity index (χ4v) is 6.03. The van der Waals surface area contributed by atoms with Crippen LogP contribution in [0, 0.1) is 0 Å². The summed E-state index contributed by atoms with van der Waals surface area (Å²) in [4.78, 5) is 0. The number of sulfone groups is 1. The molecule has 0 bridgehead atoms. The van der Waals surface area contributed by atoms with E-state index in [1.54, 1.807) is 0 Å². The highest BCUT2D eigenvalue weighted by Gasteiger charge is 2.33. The lowest BCUT2D eigenvalue weighted by Crippen LogP contribution is -2.33. The molecule has 1 atom stereocenters. The first kappa shape index (κ1) is 18.0. The lowest BCUT2D eigenvalue weighted by atomic mass is 10.0. The SMILES string of the molecule is CCCCCCCC(CCC)S(=O)(=O)C1CCCCC1. The average molecular weight is 303 g/mol. The van der Waals surface area contributed by atoms with E-state index in [0.29, 0.717) is 0 Å². The van der Waals surface area contributed by atoms with Gasteiger partial charge in [-0.2, -0.15) is 0 Å². The van der Waals surface area contributed by atoms with Crippen LogP contribution in [0.5, 0.6) is 0 Å². The Kier molecular flexibility index (Phi) is 8.83. The van der Waals surface area contributed by atoms with E-state index in [-0.39, 0.29) is 10.5 Å². The summed E-state index contributed by atoms with van der Waals surface area (Å²) < 4.78 is 25.6. The molecule has 0 aromatic rings. The topological polar surface area (TPSA) is 34.1 Å². The van der Waals surface area contributed by atoms with E-state index in [2.05, 4.69) is 13.8 Å². The van der Waals surface area contributed by atoms with Crippen LogP contribution in [0.4, 0.5) is 0 Å². The van der Waals surface area contributed by atoms with E-state index in [9.17, 15) is 8.42 Å². The molecule has 0 aliphatic heterocycles. The first-order valence-electron chi connectivity index (χ1n) is 8.85. The molecule has 20 heavy (non-hydrogen) atoms. The second kappa shape index (κ2) is 9.81. The van der Waals surface area contributed by atoms with Crippen LogP contribution in [0.3, 0.4) is 0 Å². The highest BCUT2D eigenvalue weighted by atomic mass is 32.2. The summed E-state index contributed by atoms with van der Waals surface area (Å²) in [5.41, 5.74) is 0. The predicted molar refractivity (Wildman–Crippen MR) is 87.9 cm³/mol. The quantitative estimate of drug-likeness (QED) is 0.516. The van der Waals surface area contributed by atoms with Gasteiger partial charge < -0.3 is 0 Å². The molecule has 0 spiro atoms. The van der Waals surface area contributed by atoms with E-state index in [1.165, 1.54) is 32.1 Å². The standard InChI is InChI=1S/C17H34O2S/c1-3-5-6-7-9-13-16(12-4-2)20(18,19)17-14-10-8-11-15-17/h16-17H,3-15H2,1-2H3. The first-order valence-corrected chi connectivity index (χ1v) is 10.5. The molecule has 1 rings (SSSR count). The van der Waals surface area contributed by atoms with Gasteiger partial charge in [0, 0.05) is 0 Å². The molecule has 120 valence electrons. The third-order valence-corrected chi connectivity index (χ3v) is 7.52. The molecule has 0 radical (unpaired) electrons. The van der Waals surface area contributed by atoms with Crippen molar-refractivity contribution in [3.63, 3.8) is 0 Å². The summed E-state index contributed by atoms with van der Waals surface area (Å²) in [6.45, 7) is 4.33. The normalized spacial score (nSPS) is 19.1. The molecule has 1 aliphatic rings. The van der Waals surface area contributed by atoms with E-state index in [4.69, 9.17) is 0 Å². The molecule has 0 N–H and O–H groups in total. The first-order chi connectivity index (χ1) is 9.62. The molecule has 2 nitrogen and oxygen atoms in total. The van der Waals surface area contributed by atoms with Crippen LogP contribution in [0.15, 0.2) is 0 Å². The fraction of sp³-hybridized carbons (Fsp3) is 1.00. The van der Waals surface area contributed by atoms with Gasteiger partial charge in [-0.05, 0) is 25.7 Å². The Balaban J connectivity index is 2.49. The average Bonchev–Trinajstić information content (AvgIpc) is 2.46. The van der Waals surface area contributed by atoms with Gasteiger partial charge in [-0.3, -0.25) is 0 Å². The molecule has 0 heterocycles. The van der Waals surface area contributed by atoms with Crippen LogP contribution in [0.1, 0.15) is 97.3 Å². The Hall–Kier alpha value is -0.0500. The monoisotopic (exact) mass is 302 g/mol. The Morgan fingerprint density at radius 2 is 1.50 bits per heavy atom. The molecule has 1 unspecified atom stereocenters. The third kappa shape index (κ3) is 5.75. The molecule has 1 aliphatic carbocycles. The van der Waals surface area contributed by atoms with Crippen LogP contribution in [-0.2, 0) is 9.84 Å². The second-order valence-electron chi connectivity index (χ2n) is 6.46. The predicted octanol–water partition coefficient (Wildman–Crippen LogP) is 5.26. The smallest absolute Gasteiger partial charge is 0.156 e. The van der Waals surface area contributed by atoms with Gasteiger partial charge in [-0.25, -0.2) is 8.42 Å². The summed E-state index contributed by atoms with van der Waals surface area (Å²) in [5.74, 6) is 0. The van der Waals surface area contributed by atoms with Crippen LogP contribution in [0.2, 0.25) is 0 Å². The zero-order valence-electron chi connectivity index (χ0n) is 13.6. The Labute approximate surface area is 126 Å². The van der Waals surface area contributed by atoms with Gasteiger partial charge in [0.25, 0.3) is 0 Å². The van der Waals surface area contributed by atoms with Crippen LogP contribution in [0.25, 0.3) is 0 Å². The maximum absolute atomic E-state index is 12.8. The van der Waals surface area contributed by atoms with Gasteiger partial charge in [0.2, 0.25) is 0 Å². The number of rotatable bonds is 10. The maximum atomic E-state index is 12.8. The van der Waals surface area contributed by atoms with E-state index >= 15 is 0 Å². The Bertz CT molecular complexity index is 329. The zero-order chi connectivity index (χ0) is 14.8. The lowest BCUT2D eigenvalue weighted by molar-refractivity contribution is 0.467. The minimum absolute atomic E-state index is 0.0246. The third-order valence-electron chi connectivity index (χ3n) is 4.72. The van der Waals surface area contributed by atoms with Crippen molar-refractivity contribution >= 4 is 9.84 Å². The van der Waals surface area contributed by atoms with E-state index in [0.717, 1.165) is 51.4 Å². The molecule has 0 saturated heterocycles. The molecular formula is C17H34O2S. The summed E-state index contributed by atoms with van der Waals surface area (Å²) in [7, 11) is -2.88. The maximum Gasteiger partial charge on any atom is 0.156 e. The molecule has 0 aromatic heterocycles. The van der Waals surface area contributed by atoms with Crippen molar-refractivity contribution in [2.75, 3.05) is 0 Å². The molecule has 0 aromatic carbocycles. The number of unbranched alkanes of at least 4 members (excludes halogenated alkanes) is 4. The summed E-state index contributed by atoms with van der Waals surface area (Å²) in [6.07, 6.45) is 14.1. The van der Waals surface area contributed by atoms with Gasteiger partial charge in [-0.1, -0.05) is 71.6 Å². The van der Waals surface area contributed by atoms with Gasteiger partial charge in [0.1, 0.15) is 0 Å². The minimum Gasteiger partial charge on any atom is -0.228 e. The highest BCUT2D eigenvalue weighted by Crippen LogP contribution is 2.30. The van der Waals surface area contributed by atoms with Crippen LogP contribution < -0.4 is 0 Å². The molecule has 1 saturated carbocycles. The van der Waals surface area contributed by atoms with Crippen molar-refractivity contribution in [2.45, 2.75) is 108 Å². The second-order valence-corrected chi connectivity index (χ2v) is 8.97. The number of hydrogen-bond acceptors (Lipinski definition) is 2. The lowest BCUT2D eigenvalue weighted by Gasteiger charge is -2.27. The van der Waals surface area contributed by atoms with Gasteiger partial charge in [0.05, 0.1) is 10.5 Å². The van der Waals surface area contributed by atoms with Crippen molar-refractivity contribution in [3.8, 4) is 0 Å². The number of hydrogen-bond donors (Lipinski definition) is 0.